The zero-order valence-electron chi connectivity index (χ0n) is 17.0. The van der Waals surface area contributed by atoms with Crippen LogP contribution in [0.3, 0.4) is 0 Å². The molecule has 12 heteroatoms. The third-order valence-corrected chi connectivity index (χ3v) is 3.16. The smallest absolute Gasteiger partial charge is 0.413 e. The fourth-order valence-electron chi connectivity index (χ4n) is 1.82. The van der Waals surface area contributed by atoms with Crippen LogP contribution < -0.4 is 10.7 Å². The molecular weight excluding hydrogens is 412 g/mol. The molecule has 30 heavy (non-hydrogen) atoms. The fraction of sp³-hybridized carbons (Fsp3) is 0.444. The zero-order valence-corrected chi connectivity index (χ0v) is 17.0. The Morgan fingerprint density at radius 2 is 1.87 bits per heavy atom. The topological polar surface area (TPSA) is 102 Å². The predicted molar refractivity (Wildman–Crippen MR) is 102 cm³/mol. The molecule has 0 aliphatic carbocycles. The van der Waals surface area contributed by atoms with E-state index in [1.165, 1.54) is 6.92 Å². The minimum atomic E-state index is -4.77. The van der Waals surface area contributed by atoms with Gasteiger partial charge in [0.1, 0.15) is 11.4 Å². The van der Waals surface area contributed by atoms with Gasteiger partial charge in [0.05, 0.1) is 18.4 Å². The average molecular weight is 434 g/mol. The lowest BCUT2D eigenvalue weighted by Gasteiger charge is -2.19. The number of nitrogens with one attached hydrogen (secondary N) is 2. The highest BCUT2D eigenvalue weighted by Gasteiger charge is 2.34. The van der Waals surface area contributed by atoms with E-state index < -0.39 is 46.6 Å². The monoisotopic (exact) mass is 434 g/mol. The first-order valence-electron chi connectivity index (χ1n) is 8.65. The van der Waals surface area contributed by atoms with Crippen molar-refractivity contribution in [1.82, 2.24) is 4.98 Å². The van der Waals surface area contributed by atoms with E-state index >= 15 is 0 Å². The predicted octanol–water partition coefficient (Wildman–Crippen LogP) is 4.41. The maximum absolute atomic E-state index is 13.8. The number of allylic oxidation sites excluding steroid dienone is 1. The standard InChI is InChI=1S/C18H22F4N4O4/c1-6-29-15(27)11(10(2)18(20,21)22)9-23-26-13-8-7-12(19)14(24-13)25-16(28)30-17(3,4)5/h7-9H,6H2,1-5H3,(H2,24,25,26,28)/b11-10-,23-9-. The molecule has 1 heterocycles. The number of aromatic nitrogens is 1. The van der Waals surface area contributed by atoms with E-state index in [1.807, 2.05) is 0 Å². The molecule has 0 saturated carbocycles. The van der Waals surface area contributed by atoms with Crippen LogP contribution >= 0.6 is 0 Å². The lowest BCUT2D eigenvalue weighted by Crippen LogP contribution is -2.27. The highest BCUT2D eigenvalue weighted by molar-refractivity contribution is 6.10. The summed E-state index contributed by atoms with van der Waals surface area (Å²) in [6.07, 6.45) is -5.11. The summed E-state index contributed by atoms with van der Waals surface area (Å²) in [5.41, 5.74) is -0.585. The van der Waals surface area contributed by atoms with Crippen molar-refractivity contribution in [2.45, 2.75) is 46.4 Å². The molecule has 0 aliphatic rings. The van der Waals surface area contributed by atoms with Crippen LogP contribution in [0.15, 0.2) is 28.4 Å². The second kappa shape index (κ2) is 10.0. The maximum atomic E-state index is 13.8. The molecule has 0 spiro atoms. The van der Waals surface area contributed by atoms with E-state index in [-0.39, 0.29) is 12.4 Å². The lowest BCUT2D eigenvalue weighted by atomic mass is 10.1. The number of hydrazone groups is 1. The number of amides is 1. The molecular formula is C18H22F4N4O4. The summed E-state index contributed by atoms with van der Waals surface area (Å²) in [6, 6.07) is 2.07. The molecule has 0 saturated heterocycles. The SMILES string of the molecule is CCOC(=O)C(/C=N\Nc1ccc(F)c(NC(=O)OC(C)(C)C)n1)=C(/C)C(F)(F)F. The Bertz CT molecular complexity index is 846. The van der Waals surface area contributed by atoms with Crippen LogP contribution in [0.4, 0.5) is 34.0 Å². The molecule has 0 radical (unpaired) electrons. The van der Waals surface area contributed by atoms with Crippen LogP contribution in [0.2, 0.25) is 0 Å². The number of alkyl halides is 3. The van der Waals surface area contributed by atoms with E-state index in [9.17, 15) is 27.2 Å². The number of esters is 1. The van der Waals surface area contributed by atoms with Crippen LogP contribution in [0, 0.1) is 5.82 Å². The van der Waals surface area contributed by atoms with Crippen molar-refractivity contribution in [2.24, 2.45) is 5.10 Å². The summed E-state index contributed by atoms with van der Waals surface area (Å²) >= 11 is 0. The van der Waals surface area contributed by atoms with E-state index in [0.717, 1.165) is 12.1 Å². The molecule has 0 atom stereocenters. The van der Waals surface area contributed by atoms with Crippen molar-refractivity contribution < 1.29 is 36.6 Å². The Kier molecular flexibility index (Phi) is 8.31. The quantitative estimate of drug-likeness (QED) is 0.226. The Morgan fingerprint density at radius 3 is 2.40 bits per heavy atom. The van der Waals surface area contributed by atoms with Gasteiger partial charge in [0.15, 0.2) is 11.6 Å². The number of carbonyl (C=O) groups is 2. The van der Waals surface area contributed by atoms with Gasteiger partial charge in [0.2, 0.25) is 0 Å². The molecule has 2 N–H and O–H groups in total. The van der Waals surface area contributed by atoms with Crippen molar-refractivity contribution in [3.63, 3.8) is 0 Å². The van der Waals surface area contributed by atoms with Crippen molar-refractivity contribution in [1.29, 1.82) is 0 Å². The van der Waals surface area contributed by atoms with Gasteiger partial charge in [-0.05, 0) is 46.8 Å². The van der Waals surface area contributed by atoms with E-state index in [2.05, 4.69) is 25.6 Å². The van der Waals surface area contributed by atoms with Crippen molar-refractivity contribution in [2.75, 3.05) is 17.3 Å². The second-order valence-corrected chi connectivity index (χ2v) is 6.78. The van der Waals surface area contributed by atoms with E-state index in [4.69, 9.17) is 4.74 Å². The molecule has 166 valence electrons. The highest BCUT2D eigenvalue weighted by Crippen LogP contribution is 2.27. The summed E-state index contributed by atoms with van der Waals surface area (Å²) in [5.74, 6) is -2.70. The van der Waals surface area contributed by atoms with E-state index in [1.54, 1.807) is 20.8 Å². The van der Waals surface area contributed by atoms with Crippen LogP contribution in [-0.4, -0.2) is 41.6 Å². The van der Waals surface area contributed by atoms with E-state index in [0.29, 0.717) is 13.1 Å². The van der Waals surface area contributed by atoms with Crippen LogP contribution in [0.5, 0.6) is 0 Å². The number of anilines is 2. The second-order valence-electron chi connectivity index (χ2n) is 6.78. The first-order valence-corrected chi connectivity index (χ1v) is 8.65. The van der Waals surface area contributed by atoms with Crippen LogP contribution in [0.25, 0.3) is 0 Å². The molecule has 1 aromatic rings. The zero-order chi connectivity index (χ0) is 23.1. The molecule has 8 nitrogen and oxygen atoms in total. The van der Waals surface area contributed by atoms with Gasteiger partial charge in [-0.2, -0.15) is 18.3 Å². The number of halogens is 4. The number of ether oxygens (including phenoxy) is 2. The van der Waals surface area contributed by atoms with Gasteiger partial charge in [-0.1, -0.05) is 0 Å². The molecule has 1 rings (SSSR count). The number of pyridine rings is 1. The minimum Gasteiger partial charge on any atom is -0.462 e. The maximum Gasteiger partial charge on any atom is 0.413 e. The highest BCUT2D eigenvalue weighted by atomic mass is 19.4. The van der Waals surface area contributed by atoms with Gasteiger partial charge in [0.25, 0.3) is 0 Å². The van der Waals surface area contributed by atoms with Gasteiger partial charge >= 0.3 is 18.2 Å². The largest absolute Gasteiger partial charge is 0.462 e. The fourth-order valence-corrected chi connectivity index (χ4v) is 1.82. The first-order chi connectivity index (χ1) is 13.7. The number of hydrogen-bond donors (Lipinski definition) is 2. The first kappa shape index (κ1) is 24.9. The number of hydrogen-bond acceptors (Lipinski definition) is 7. The summed E-state index contributed by atoms with van der Waals surface area (Å²) in [6.45, 7) is 6.85. The molecule has 0 unspecified atom stereocenters. The van der Waals surface area contributed by atoms with Crippen LogP contribution in [0.1, 0.15) is 34.6 Å². The summed E-state index contributed by atoms with van der Waals surface area (Å²) in [7, 11) is 0. The van der Waals surface area contributed by atoms with Gasteiger partial charge in [-0.25, -0.2) is 19.0 Å². The third kappa shape index (κ3) is 8.05. The van der Waals surface area contributed by atoms with Crippen molar-refractivity contribution in [3.8, 4) is 0 Å². The minimum absolute atomic E-state index is 0.119. The molecule has 0 fully saturated rings. The number of carbonyl (C=O) groups excluding carboxylic acids is 2. The molecule has 0 bridgehead atoms. The van der Waals surface area contributed by atoms with Crippen LogP contribution in [-0.2, 0) is 14.3 Å². The normalized spacial score (nSPS) is 13.0. The average Bonchev–Trinajstić information content (AvgIpc) is 2.58. The number of rotatable bonds is 6. The summed E-state index contributed by atoms with van der Waals surface area (Å²) in [4.78, 5) is 27.3. The molecule has 1 amide bonds. The molecule has 0 aromatic carbocycles. The van der Waals surface area contributed by atoms with Crippen molar-refractivity contribution >= 4 is 29.9 Å². The van der Waals surface area contributed by atoms with Gasteiger partial charge in [-0.15, -0.1) is 0 Å². The Balaban J connectivity index is 3.03. The number of nitrogens with zero attached hydrogens (tertiary/aromatic N) is 2. The molecule has 0 aliphatic heterocycles. The van der Waals surface area contributed by atoms with Crippen molar-refractivity contribution in [3.05, 3.63) is 29.1 Å². The Labute approximate surface area is 170 Å². The van der Waals surface area contributed by atoms with Gasteiger partial charge < -0.3 is 9.47 Å². The Morgan fingerprint density at radius 1 is 1.23 bits per heavy atom. The molecule has 1 aromatic heterocycles. The summed E-state index contributed by atoms with van der Waals surface area (Å²) < 4.78 is 62.2. The Hall–Kier alpha value is -3.18. The lowest BCUT2D eigenvalue weighted by molar-refractivity contribution is -0.139. The third-order valence-electron chi connectivity index (χ3n) is 3.16. The van der Waals surface area contributed by atoms with Gasteiger partial charge in [-0.3, -0.25) is 10.7 Å². The summed E-state index contributed by atoms with van der Waals surface area (Å²) in [5, 5.41) is 5.63. The van der Waals surface area contributed by atoms with Gasteiger partial charge in [0, 0.05) is 5.57 Å².